The normalized spacial score (nSPS) is 12.5. The standard InChI is InChI=1S/C7H8FN3O3S/c8-5-1-3-6(4-2-5)10-11-7(9)15(12,13)14/h1-4,10H,(H2,9,11)(H,12,13,14). The molecule has 1 aromatic rings. The Balaban J connectivity index is 2.77. The van der Waals surface area contributed by atoms with Crippen molar-refractivity contribution in [2.75, 3.05) is 5.43 Å². The summed E-state index contributed by atoms with van der Waals surface area (Å²) in [4.78, 5) is 0. The smallest absolute Gasteiger partial charge is 0.329 e. The van der Waals surface area contributed by atoms with E-state index in [1.807, 2.05) is 0 Å². The van der Waals surface area contributed by atoms with Gasteiger partial charge in [0, 0.05) is 0 Å². The summed E-state index contributed by atoms with van der Waals surface area (Å²) in [5, 5.41) is 2.21. The molecule has 0 fully saturated rings. The summed E-state index contributed by atoms with van der Waals surface area (Å²) in [6, 6.07) is 4.97. The van der Waals surface area contributed by atoms with Gasteiger partial charge in [-0.3, -0.25) is 9.98 Å². The van der Waals surface area contributed by atoms with Gasteiger partial charge in [-0.2, -0.15) is 8.42 Å². The molecule has 82 valence electrons. The molecule has 0 bridgehead atoms. The first kappa shape index (κ1) is 11.4. The highest BCUT2D eigenvalue weighted by atomic mass is 32.2. The van der Waals surface area contributed by atoms with E-state index in [0.29, 0.717) is 5.69 Å². The number of hydrogen-bond acceptors (Lipinski definition) is 4. The summed E-state index contributed by atoms with van der Waals surface area (Å²) in [5.74, 6) is -0.438. The van der Waals surface area contributed by atoms with Crippen molar-refractivity contribution in [1.82, 2.24) is 0 Å². The van der Waals surface area contributed by atoms with Crippen LogP contribution in [0.2, 0.25) is 0 Å². The molecule has 6 nitrogen and oxygen atoms in total. The van der Waals surface area contributed by atoms with Crippen molar-refractivity contribution in [3.63, 3.8) is 0 Å². The maximum absolute atomic E-state index is 12.5. The Labute approximate surface area is 85.3 Å². The van der Waals surface area contributed by atoms with E-state index in [2.05, 4.69) is 10.5 Å². The predicted molar refractivity (Wildman–Crippen MR) is 53.2 cm³/mol. The third-order valence-corrected chi connectivity index (χ3v) is 2.02. The highest BCUT2D eigenvalue weighted by molar-refractivity contribution is 8.01. The van der Waals surface area contributed by atoms with E-state index in [1.54, 1.807) is 0 Å². The summed E-state index contributed by atoms with van der Waals surface area (Å²) in [6.45, 7) is 0. The number of amidine groups is 1. The first-order chi connectivity index (χ1) is 6.89. The Morgan fingerprint density at radius 3 is 2.40 bits per heavy atom. The second-order valence-electron chi connectivity index (χ2n) is 2.54. The molecule has 0 unspecified atom stereocenters. The average Bonchev–Trinajstić information content (AvgIpc) is 2.15. The number of nitrogens with zero attached hydrogens (tertiary/aromatic N) is 1. The number of nitrogens with one attached hydrogen (secondary N) is 1. The van der Waals surface area contributed by atoms with Gasteiger partial charge in [0.05, 0.1) is 5.69 Å². The molecular formula is C7H8FN3O3S. The Morgan fingerprint density at radius 1 is 1.40 bits per heavy atom. The lowest BCUT2D eigenvalue weighted by atomic mass is 10.3. The fraction of sp³-hybridized carbons (Fsp3) is 0. The fourth-order valence-corrected chi connectivity index (χ4v) is 0.863. The molecule has 0 saturated heterocycles. The van der Waals surface area contributed by atoms with Crippen LogP contribution in [0.5, 0.6) is 0 Å². The summed E-state index contributed by atoms with van der Waals surface area (Å²) in [6.07, 6.45) is 0. The molecule has 0 aliphatic carbocycles. The second-order valence-corrected chi connectivity index (χ2v) is 3.91. The topological polar surface area (TPSA) is 105 Å². The zero-order valence-electron chi connectivity index (χ0n) is 7.38. The van der Waals surface area contributed by atoms with Crippen molar-refractivity contribution in [1.29, 1.82) is 0 Å². The molecule has 0 radical (unpaired) electrons. The number of nitrogens with two attached hydrogens (primary N) is 1. The van der Waals surface area contributed by atoms with Gasteiger partial charge in [0.1, 0.15) is 5.82 Å². The van der Waals surface area contributed by atoms with Crippen LogP contribution in [0.15, 0.2) is 29.4 Å². The van der Waals surface area contributed by atoms with Crippen LogP contribution in [-0.4, -0.2) is 18.1 Å². The molecule has 8 heteroatoms. The molecule has 0 aromatic heterocycles. The van der Waals surface area contributed by atoms with Gasteiger partial charge in [0.2, 0.25) is 0 Å². The van der Waals surface area contributed by atoms with Crippen LogP contribution in [0, 0.1) is 5.82 Å². The molecule has 4 N–H and O–H groups in total. The summed E-state index contributed by atoms with van der Waals surface area (Å²) in [5.41, 5.74) is 7.48. The molecule has 0 atom stereocenters. The van der Waals surface area contributed by atoms with Crippen molar-refractivity contribution in [3.05, 3.63) is 30.1 Å². The maximum Gasteiger partial charge on any atom is 0.329 e. The summed E-state index contributed by atoms with van der Waals surface area (Å²) < 4.78 is 41.7. The van der Waals surface area contributed by atoms with Crippen molar-refractivity contribution < 1.29 is 17.4 Å². The van der Waals surface area contributed by atoms with Crippen LogP contribution in [-0.2, 0) is 10.1 Å². The van der Waals surface area contributed by atoms with Crippen LogP contribution in [0.25, 0.3) is 0 Å². The Bertz CT molecular complexity index is 469. The van der Waals surface area contributed by atoms with E-state index >= 15 is 0 Å². The first-order valence-electron chi connectivity index (χ1n) is 3.72. The molecule has 1 aromatic carbocycles. The van der Waals surface area contributed by atoms with Gasteiger partial charge >= 0.3 is 10.1 Å². The van der Waals surface area contributed by atoms with E-state index in [-0.39, 0.29) is 0 Å². The van der Waals surface area contributed by atoms with E-state index in [9.17, 15) is 12.8 Å². The van der Waals surface area contributed by atoms with E-state index in [1.165, 1.54) is 12.1 Å². The number of benzene rings is 1. The minimum Gasteiger partial charge on any atom is -0.371 e. The van der Waals surface area contributed by atoms with Crippen LogP contribution < -0.4 is 11.2 Å². The zero-order chi connectivity index (χ0) is 11.5. The van der Waals surface area contributed by atoms with Crippen molar-refractivity contribution in [3.8, 4) is 0 Å². The predicted octanol–water partition coefficient (Wildman–Crippen LogP) is 0.355. The lowest BCUT2D eigenvalue weighted by Gasteiger charge is -2.00. The van der Waals surface area contributed by atoms with Gasteiger partial charge in [-0.05, 0) is 24.3 Å². The number of hydrogen-bond donors (Lipinski definition) is 3. The van der Waals surface area contributed by atoms with E-state index < -0.39 is 21.1 Å². The van der Waals surface area contributed by atoms with Crippen LogP contribution in [0.4, 0.5) is 10.1 Å². The lowest BCUT2D eigenvalue weighted by Crippen LogP contribution is -2.24. The number of halogens is 1. The number of hydrazone groups is 1. The first-order valence-corrected chi connectivity index (χ1v) is 5.16. The van der Waals surface area contributed by atoms with Gasteiger partial charge in [0.25, 0.3) is 5.17 Å². The molecule has 0 spiro atoms. The molecular weight excluding hydrogens is 225 g/mol. The molecule has 0 amide bonds. The molecule has 15 heavy (non-hydrogen) atoms. The minimum atomic E-state index is -4.49. The van der Waals surface area contributed by atoms with Gasteiger partial charge < -0.3 is 5.73 Å². The summed E-state index contributed by atoms with van der Waals surface area (Å²) >= 11 is 0. The third kappa shape index (κ3) is 3.52. The van der Waals surface area contributed by atoms with Crippen LogP contribution >= 0.6 is 0 Å². The highest BCUT2D eigenvalue weighted by Gasteiger charge is 2.10. The SMILES string of the molecule is N/C(=N\Nc1ccc(F)cc1)S(=O)(=O)O. The highest BCUT2D eigenvalue weighted by Crippen LogP contribution is 2.07. The van der Waals surface area contributed by atoms with Gasteiger partial charge in [-0.15, -0.1) is 5.10 Å². The van der Waals surface area contributed by atoms with Gasteiger partial charge in [-0.25, -0.2) is 4.39 Å². The van der Waals surface area contributed by atoms with Crippen molar-refractivity contribution in [2.24, 2.45) is 10.8 Å². The number of anilines is 1. The van der Waals surface area contributed by atoms with E-state index in [4.69, 9.17) is 10.3 Å². The van der Waals surface area contributed by atoms with Gasteiger partial charge in [-0.1, -0.05) is 0 Å². The number of rotatable bonds is 2. The van der Waals surface area contributed by atoms with Crippen molar-refractivity contribution in [2.45, 2.75) is 0 Å². The summed E-state index contributed by atoms with van der Waals surface area (Å²) in [7, 11) is -4.49. The fourth-order valence-electron chi connectivity index (χ4n) is 0.702. The van der Waals surface area contributed by atoms with E-state index in [0.717, 1.165) is 12.1 Å². The average molecular weight is 233 g/mol. The molecule has 0 aliphatic rings. The molecule has 0 aliphatic heterocycles. The molecule has 0 heterocycles. The minimum absolute atomic E-state index is 0.336. The molecule has 1 rings (SSSR count). The largest absolute Gasteiger partial charge is 0.371 e. The van der Waals surface area contributed by atoms with Crippen LogP contribution in [0.1, 0.15) is 0 Å². The monoisotopic (exact) mass is 233 g/mol. The van der Waals surface area contributed by atoms with Crippen molar-refractivity contribution >= 4 is 21.0 Å². The Morgan fingerprint density at radius 2 is 1.93 bits per heavy atom. The lowest BCUT2D eigenvalue weighted by molar-refractivity contribution is 0.497. The Hall–Kier alpha value is -1.67. The maximum atomic E-state index is 12.5. The third-order valence-electron chi connectivity index (χ3n) is 1.40. The second kappa shape index (κ2) is 4.24. The van der Waals surface area contributed by atoms with Gasteiger partial charge in [0.15, 0.2) is 0 Å². The Kier molecular flexibility index (Phi) is 3.22. The van der Waals surface area contributed by atoms with Crippen LogP contribution in [0.3, 0.4) is 0 Å². The quantitative estimate of drug-likeness (QED) is 0.296. The molecule has 0 saturated carbocycles. The zero-order valence-corrected chi connectivity index (χ0v) is 8.20.